The first-order valence-electron chi connectivity index (χ1n) is 4.42. The molecule has 0 saturated heterocycles. The predicted molar refractivity (Wildman–Crippen MR) is 68.9 cm³/mol. The van der Waals surface area contributed by atoms with Crippen LogP contribution in [0.15, 0.2) is 16.6 Å². The van der Waals surface area contributed by atoms with Crippen molar-refractivity contribution in [2.45, 2.75) is 13.8 Å². The van der Waals surface area contributed by atoms with Crippen molar-refractivity contribution < 1.29 is 0 Å². The highest BCUT2D eigenvalue weighted by molar-refractivity contribution is 9.10. The molecule has 2 aromatic rings. The second-order valence-corrected chi connectivity index (χ2v) is 5.00. The number of hydrogen-bond acceptors (Lipinski definition) is 1. The molecule has 0 fully saturated rings. The molecular weight excluding hydrogens is 297 g/mol. The van der Waals surface area contributed by atoms with E-state index in [4.69, 9.17) is 23.2 Å². The lowest BCUT2D eigenvalue weighted by Crippen LogP contribution is -1.90. The summed E-state index contributed by atoms with van der Waals surface area (Å²) in [6.07, 6.45) is 0. The molecule has 0 aliphatic carbocycles. The Morgan fingerprint density at radius 1 is 1.13 bits per heavy atom. The molecule has 0 saturated carbocycles. The van der Waals surface area contributed by atoms with Crippen LogP contribution >= 0.6 is 39.1 Å². The molecule has 78 valence electrons. The minimum Gasteiger partial charge on any atom is -0.251 e. The Morgan fingerprint density at radius 3 is 2.47 bits per heavy atom. The van der Waals surface area contributed by atoms with Crippen LogP contribution in [0.5, 0.6) is 0 Å². The van der Waals surface area contributed by atoms with Crippen LogP contribution < -0.4 is 0 Å². The van der Waals surface area contributed by atoms with Crippen LogP contribution in [0, 0.1) is 13.8 Å². The highest BCUT2D eigenvalue weighted by Crippen LogP contribution is 2.34. The zero-order valence-corrected chi connectivity index (χ0v) is 11.3. The van der Waals surface area contributed by atoms with E-state index < -0.39 is 0 Å². The van der Waals surface area contributed by atoms with Crippen LogP contribution in [-0.2, 0) is 0 Å². The van der Waals surface area contributed by atoms with Gasteiger partial charge in [0.15, 0.2) is 0 Å². The molecule has 0 radical (unpaired) electrons. The molecule has 0 amide bonds. The van der Waals surface area contributed by atoms with E-state index >= 15 is 0 Å². The highest BCUT2D eigenvalue weighted by atomic mass is 79.9. The van der Waals surface area contributed by atoms with Crippen LogP contribution in [0.25, 0.3) is 10.9 Å². The molecule has 0 aliphatic rings. The van der Waals surface area contributed by atoms with Crippen LogP contribution in [0.2, 0.25) is 10.0 Å². The lowest BCUT2D eigenvalue weighted by molar-refractivity contribution is 1.24. The molecule has 2 rings (SSSR count). The van der Waals surface area contributed by atoms with Gasteiger partial charge in [-0.05, 0) is 25.5 Å². The second kappa shape index (κ2) is 3.93. The summed E-state index contributed by atoms with van der Waals surface area (Å²) in [5.74, 6) is 0. The van der Waals surface area contributed by atoms with Gasteiger partial charge in [-0.3, -0.25) is 4.98 Å². The number of benzene rings is 1. The summed E-state index contributed by atoms with van der Waals surface area (Å²) < 4.78 is 1.03. The fourth-order valence-corrected chi connectivity index (χ4v) is 2.24. The number of aryl methyl sites for hydroxylation is 2. The Balaban J connectivity index is 2.98. The van der Waals surface area contributed by atoms with Gasteiger partial charge in [0.2, 0.25) is 0 Å². The number of halogens is 3. The molecule has 1 aromatic carbocycles. The monoisotopic (exact) mass is 303 g/mol. The van der Waals surface area contributed by atoms with Crippen molar-refractivity contribution in [3.63, 3.8) is 0 Å². The summed E-state index contributed by atoms with van der Waals surface area (Å²) in [6, 6.07) is 3.88. The summed E-state index contributed by atoms with van der Waals surface area (Å²) in [7, 11) is 0. The summed E-state index contributed by atoms with van der Waals surface area (Å²) in [6.45, 7) is 3.86. The van der Waals surface area contributed by atoms with E-state index in [1.54, 1.807) is 0 Å². The van der Waals surface area contributed by atoms with Crippen molar-refractivity contribution in [2.24, 2.45) is 0 Å². The molecule has 0 unspecified atom stereocenters. The number of pyridine rings is 1. The van der Waals surface area contributed by atoms with Crippen LogP contribution in [0.4, 0.5) is 0 Å². The van der Waals surface area contributed by atoms with E-state index in [1.807, 2.05) is 26.0 Å². The number of aromatic nitrogens is 1. The van der Waals surface area contributed by atoms with Gasteiger partial charge >= 0.3 is 0 Å². The summed E-state index contributed by atoms with van der Waals surface area (Å²) in [5.41, 5.74) is 2.74. The van der Waals surface area contributed by atoms with E-state index in [0.29, 0.717) is 10.0 Å². The topological polar surface area (TPSA) is 12.9 Å². The maximum absolute atomic E-state index is 6.17. The molecule has 4 heteroatoms. The molecule has 1 nitrogen and oxygen atoms in total. The normalized spacial score (nSPS) is 11.0. The Morgan fingerprint density at radius 2 is 1.80 bits per heavy atom. The number of rotatable bonds is 0. The summed E-state index contributed by atoms with van der Waals surface area (Å²) in [4.78, 5) is 4.45. The zero-order valence-electron chi connectivity index (χ0n) is 8.24. The SMILES string of the molecule is Cc1nc2c(C)c(Br)ccc2c(Cl)c1Cl. The average Bonchev–Trinajstić information content (AvgIpc) is 2.21. The van der Waals surface area contributed by atoms with E-state index in [0.717, 1.165) is 26.6 Å². The van der Waals surface area contributed by atoms with Crippen LogP contribution in [0.1, 0.15) is 11.3 Å². The molecule has 1 aromatic heterocycles. The van der Waals surface area contributed by atoms with Gasteiger partial charge in [-0.2, -0.15) is 0 Å². The third kappa shape index (κ3) is 1.75. The number of fused-ring (bicyclic) bond motifs is 1. The van der Waals surface area contributed by atoms with Gasteiger partial charge in [-0.15, -0.1) is 0 Å². The second-order valence-electron chi connectivity index (χ2n) is 3.39. The average molecular weight is 305 g/mol. The molecule has 1 heterocycles. The quantitative estimate of drug-likeness (QED) is 0.673. The van der Waals surface area contributed by atoms with Gasteiger partial charge in [-0.1, -0.05) is 45.2 Å². The molecule has 0 aliphatic heterocycles. The highest BCUT2D eigenvalue weighted by Gasteiger charge is 2.11. The van der Waals surface area contributed by atoms with Gasteiger partial charge in [0, 0.05) is 9.86 Å². The van der Waals surface area contributed by atoms with Crippen molar-refractivity contribution in [3.05, 3.63) is 37.9 Å². The van der Waals surface area contributed by atoms with Crippen molar-refractivity contribution >= 4 is 50.0 Å². The number of hydrogen-bond donors (Lipinski definition) is 0. The van der Waals surface area contributed by atoms with E-state index in [-0.39, 0.29) is 0 Å². The first-order chi connectivity index (χ1) is 7.02. The van der Waals surface area contributed by atoms with Gasteiger partial charge in [0.05, 0.1) is 21.3 Å². The molecule has 0 bridgehead atoms. The minimum atomic E-state index is 0.533. The minimum absolute atomic E-state index is 0.533. The van der Waals surface area contributed by atoms with Gasteiger partial charge < -0.3 is 0 Å². The fraction of sp³-hybridized carbons (Fsp3) is 0.182. The molecule has 15 heavy (non-hydrogen) atoms. The largest absolute Gasteiger partial charge is 0.251 e. The van der Waals surface area contributed by atoms with E-state index in [2.05, 4.69) is 20.9 Å². The van der Waals surface area contributed by atoms with Gasteiger partial charge in [-0.25, -0.2) is 0 Å². The Bertz CT molecular complexity index is 552. The van der Waals surface area contributed by atoms with Crippen molar-refractivity contribution in [1.82, 2.24) is 4.98 Å². The Hall–Kier alpha value is -0.310. The first kappa shape index (κ1) is 11.2. The lowest BCUT2D eigenvalue weighted by Gasteiger charge is -2.08. The summed E-state index contributed by atoms with van der Waals surface area (Å²) >= 11 is 15.7. The maximum Gasteiger partial charge on any atom is 0.0811 e. The van der Waals surface area contributed by atoms with E-state index in [1.165, 1.54) is 0 Å². The number of nitrogens with zero attached hydrogens (tertiary/aromatic N) is 1. The smallest absolute Gasteiger partial charge is 0.0811 e. The van der Waals surface area contributed by atoms with Gasteiger partial charge in [0.25, 0.3) is 0 Å². The Labute approximate surface area is 107 Å². The predicted octanol–water partition coefficient (Wildman–Crippen LogP) is 4.92. The van der Waals surface area contributed by atoms with Gasteiger partial charge in [0.1, 0.15) is 0 Å². The standard InChI is InChI=1S/C11H8BrCl2N/c1-5-8(12)4-3-7-10(14)9(13)6(2)15-11(5)7/h3-4H,1-2H3. The zero-order chi connectivity index (χ0) is 11.2. The van der Waals surface area contributed by atoms with Crippen LogP contribution in [0.3, 0.4) is 0 Å². The summed E-state index contributed by atoms with van der Waals surface area (Å²) in [5, 5.41) is 2.01. The van der Waals surface area contributed by atoms with E-state index in [9.17, 15) is 0 Å². The maximum atomic E-state index is 6.17. The first-order valence-corrected chi connectivity index (χ1v) is 5.97. The third-order valence-electron chi connectivity index (χ3n) is 2.39. The van der Waals surface area contributed by atoms with Crippen molar-refractivity contribution in [1.29, 1.82) is 0 Å². The third-order valence-corrected chi connectivity index (χ3v) is 4.20. The lowest BCUT2D eigenvalue weighted by atomic mass is 10.1. The fourth-order valence-electron chi connectivity index (χ4n) is 1.49. The van der Waals surface area contributed by atoms with Crippen LogP contribution in [-0.4, -0.2) is 4.98 Å². The molecule has 0 atom stereocenters. The Kier molecular flexibility index (Phi) is 2.93. The van der Waals surface area contributed by atoms with Crippen molar-refractivity contribution in [2.75, 3.05) is 0 Å². The van der Waals surface area contributed by atoms with Crippen molar-refractivity contribution in [3.8, 4) is 0 Å². The molecule has 0 spiro atoms. The molecule has 0 N–H and O–H groups in total. The molecular formula is C11H8BrCl2N.